The first kappa shape index (κ1) is 18.3. The number of anilines is 1. The van der Waals surface area contributed by atoms with E-state index in [0.717, 1.165) is 11.0 Å². The number of amides is 2. The van der Waals surface area contributed by atoms with Crippen LogP contribution in [-0.2, 0) is 17.9 Å². The van der Waals surface area contributed by atoms with Crippen LogP contribution in [0, 0.1) is 0 Å². The number of hydroxylamine groups is 1. The van der Waals surface area contributed by atoms with Gasteiger partial charge < -0.3 is 9.30 Å². The molecule has 8 nitrogen and oxygen atoms in total. The van der Waals surface area contributed by atoms with E-state index in [2.05, 4.69) is 4.98 Å². The zero-order valence-corrected chi connectivity index (χ0v) is 15.7. The second kappa shape index (κ2) is 7.14. The summed E-state index contributed by atoms with van der Waals surface area (Å²) in [6, 6.07) is 10.1. The van der Waals surface area contributed by atoms with E-state index in [0.29, 0.717) is 28.8 Å². The molecule has 1 aliphatic heterocycles. The molecule has 0 radical (unpaired) electrons. The highest BCUT2D eigenvalue weighted by molar-refractivity contribution is 6.31. The molecule has 2 N–H and O–H groups in total. The first-order valence-corrected chi connectivity index (χ1v) is 9.06. The van der Waals surface area contributed by atoms with E-state index < -0.39 is 5.91 Å². The second-order valence-electron chi connectivity index (χ2n) is 6.30. The Morgan fingerprint density at radius 1 is 1.32 bits per heavy atom. The number of ether oxygens (including phenoxy) is 1. The Labute approximate surface area is 165 Å². The van der Waals surface area contributed by atoms with E-state index in [9.17, 15) is 9.59 Å². The van der Waals surface area contributed by atoms with Gasteiger partial charge in [-0.2, -0.15) is 0 Å². The molecule has 3 aromatic rings. The first-order chi connectivity index (χ1) is 13.5. The molecule has 0 saturated carbocycles. The van der Waals surface area contributed by atoms with Crippen molar-refractivity contribution < 1.29 is 19.5 Å². The Bertz CT molecular complexity index is 1090. The minimum atomic E-state index is -0.670. The SMILES string of the molecule is CCn1c(CN2C(=O)COc3ccc(C(=O)NO)cc32)nc2ccc(Cl)cc21. The number of hydrogen-bond acceptors (Lipinski definition) is 5. The van der Waals surface area contributed by atoms with Crippen molar-refractivity contribution in [3.63, 3.8) is 0 Å². The molecule has 2 amide bonds. The summed E-state index contributed by atoms with van der Waals surface area (Å²) in [7, 11) is 0. The van der Waals surface area contributed by atoms with Gasteiger partial charge in [0.25, 0.3) is 11.8 Å². The van der Waals surface area contributed by atoms with Crippen LogP contribution in [0.5, 0.6) is 5.75 Å². The molecule has 2 aromatic carbocycles. The van der Waals surface area contributed by atoms with Crippen molar-refractivity contribution in [2.75, 3.05) is 11.5 Å². The summed E-state index contributed by atoms with van der Waals surface area (Å²) in [6.07, 6.45) is 0. The average Bonchev–Trinajstić information content (AvgIpc) is 3.05. The van der Waals surface area contributed by atoms with Crippen molar-refractivity contribution in [3.8, 4) is 5.75 Å². The summed E-state index contributed by atoms with van der Waals surface area (Å²) in [6.45, 7) is 2.76. The molecule has 9 heteroatoms. The van der Waals surface area contributed by atoms with Crippen LogP contribution in [0.1, 0.15) is 23.1 Å². The molecule has 144 valence electrons. The van der Waals surface area contributed by atoms with E-state index in [-0.39, 0.29) is 24.6 Å². The van der Waals surface area contributed by atoms with Crippen LogP contribution in [0.15, 0.2) is 36.4 Å². The molecule has 1 aromatic heterocycles. The van der Waals surface area contributed by atoms with Crippen LogP contribution in [0.2, 0.25) is 5.02 Å². The smallest absolute Gasteiger partial charge is 0.274 e. The van der Waals surface area contributed by atoms with Crippen LogP contribution in [-0.4, -0.2) is 33.2 Å². The van der Waals surface area contributed by atoms with Crippen LogP contribution in [0.25, 0.3) is 11.0 Å². The molecule has 1 aliphatic rings. The number of nitrogens with zero attached hydrogens (tertiary/aromatic N) is 3. The minimum absolute atomic E-state index is 0.100. The van der Waals surface area contributed by atoms with Gasteiger partial charge in [-0.25, -0.2) is 10.5 Å². The minimum Gasteiger partial charge on any atom is -0.482 e. The molecule has 0 atom stereocenters. The number of aromatic nitrogens is 2. The summed E-state index contributed by atoms with van der Waals surface area (Å²) in [5.41, 5.74) is 3.93. The Kier molecular flexibility index (Phi) is 4.66. The normalized spacial score (nSPS) is 13.4. The van der Waals surface area contributed by atoms with Gasteiger partial charge in [0.15, 0.2) is 6.61 Å². The Hall–Kier alpha value is -3.10. The summed E-state index contributed by atoms with van der Waals surface area (Å²) in [4.78, 5) is 30.5. The summed E-state index contributed by atoms with van der Waals surface area (Å²) >= 11 is 6.12. The third kappa shape index (κ3) is 3.06. The standard InChI is InChI=1S/C19H17ClN4O4/c1-2-23-14-8-12(20)4-5-13(14)21-17(23)9-24-15-7-11(19(26)22-27)3-6-16(15)28-10-18(24)25/h3-8,27H,2,9-10H2,1H3,(H,22,26). The maximum Gasteiger partial charge on any atom is 0.274 e. The monoisotopic (exact) mass is 400 g/mol. The topological polar surface area (TPSA) is 96.7 Å². The van der Waals surface area contributed by atoms with Crippen molar-refractivity contribution >= 4 is 40.1 Å². The number of halogens is 1. The van der Waals surface area contributed by atoms with Crippen molar-refractivity contribution in [1.29, 1.82) is 0 Å². The van der Waals surface area contributed by atoms with Crippen LogP contribution >= 0.6 is 11.6 Å². The number of carbonyl (C=O) groups is 2. The first-order valence-electron chi connectivity index (χ1n) is 8.68. The molecule has 0 fully saturated rings. The van der Waals surface area contributed by atoms with Gasteiger partial charge in [-0.05, 0) is 43.3 Å². The third-order valence-electron chi connectivity index (χ3n) is 4.67. The molecule has 0 spiro atoms. The van der Waals surface area contributed by atoms with Crippen molar-refractivity contribution in [2.24, 2.45) is 0 Å². The average molecular weight is 401 g/mol. The number of fused-ring (bicyclic) bond motifs is 2. The maximum atomic E-state index is 12.6. The zero-order valence-electron chi connectivity index (χ0n) is 15.0. The highest BCUT2D eigenvalue weighted by atomic mass is 35.5. The lowest BCUT2D eigenvalue weighted by Gasteiger charge is -2.29. The predicted octanol–water partition coefficient (Wildman–Crippen LogP) is 2.75. The lowest BCUT2D eigenvalue weighted by molar-refractivity contribution is -0.121. The lowest BCUT2D eigenvalue weighted by atomic mass is 10.1. The fourth-order valence-corrected chi connectivity index (χ4v) is 3.51. The van der Waals surface area contributed by atoms with Crippen LogP contribution in [0.4, 0.5) is 5.69 Å². The Morgan fingerprint density at radius 2 is 2.14 bits per heavy atom. The van der Waals surface area contributed by atoms with Gasteiger partial charge in [-0.1, -0.05) is 11.6 Å². The molecular formula is C19H17ClN4O4. The predicted molar refractivity (Wildman–Crippen MR) is 103 cm³/mol. The van der Waals surface area contributed by atoms with Gasteiger partial charge in [0.05, 0.1) is 23.3 Å². The molecule has 4 rings (SSSR count). The molecule has 0 aliphatic carbocycles. The number of nitrogens with one attached hydrogen (secondary N) is 1. The molecule has 0 saturated heterocycles. The number of hydrogen-bond donors (Lipinski definition) is 2. The molecule has 28 heavy (non-hydrogen) atoms. The van der Waals surface area contributed by atoms with E-state index in [1.54, 1.807) is 17.6 Å². The fraction of sp³-hybridized carbons (Fsp3) is 0.211. The highest BCUT2D eigenvalue weighted by Gasteiger charge is 2.28. The largest absolute Gasteiger partial charge is 0.482 e. The molecule has 0 unspecified atom stereocenters. The third-order valence-corrected chi connectivity index (χ3v) is 4.91. The highest BCUT2D eigenvalue weighted by Crippen LogP contribution is 2.34. The molecule has 2 heterocycles. The summed E-state index contributed by atoms with van der Waals surface area (Å²) in [5.74, 6) is 0.257. The quantitative estimate of drug-likeness (QED) is 0.518. The van der Waals surface area contributed by atoms with Crippen molar-refractivity contribution in [2.45, 2.75) is 20.0 Å². The van der Waals surface area contributed by atoms with Gasteiger partial charge in [0, 0.05) is 17.1 Å². The lowest BCUT2D eigenvalue weighted by Crippen LogP contribution is -2.39. The molecular weight excluding hydrogens is 384 g/mol. The Morgan fingerprint density at radius 3 is 2.89 bits per heavy atom. The van der Waals surface area contributed by atoms with Gasteiger partial charge >= 0.3 is 0 Å². The number of aryl methyl sites for hydroxylation is 1. The van der Waals surface area contributed by atoms with Gasteiger partial charge in [0.1, 0.15) is 11.6 Å². The molecule has 0 bridgehead atoms. The van der Waals surface area contributed by atoms with Crippen molar-refractivity contribution in [1.82, 2.24) is 15.0 Å². The maximum absolute atomic E-state index is 12.6. The van der Waals surface area contributed by atoms with Gasteiger partial charge in [-0.15, -0.1) is 0 Å². The number of imidazole rings is 1. The van der Waals surface area contributed by atoms with Crippen LogP contribution in [0.3, 0.4) is 0 Å². The Balaban J connectivity index is 1.77. The number of benzene rings is 2. The second-order valence-corrected chi connectivity index (χ2v) is 6.73. The zero-order chi connectivity index (χ0) is 19.8. The van der Waals surface area contributed by atoms with E-state index in [4.69, 9.17) is 21.5 Å². The van der Waals surface area contributed by atoms with E-state index in [1.165, 1.54) is 17.0 Å². The summed E-state index contributed by atoms with van der Waals surface area (Å²) < 4.78 is 7.47. The van der Waals surface area contributed by atoms with Crippen LogP contribution < -0.4 is 15.1 Å². The van der Waals surface area contributed by atoms with E-state index >= 15 is 0 Å². The summed E-state index contributed by atoms with van der Waals surface area (Å²) in [5, 5.41) is 9.49. The van der Waals surface area contributed by atoms with Crippen molar-refractivity contribution in [3.05, 3.63) is 52.8 Å². The van der Waals surface area contributed by atoms with Gasteiger partial charge in [-0.3, -0.25) is 19.7 Å². The van der Waals surface area contributed by atoms with Gasteiger partial charge in [0.2, 0.25) is 0 Å². The fourth-order valence-electron chi connectivity index (χ4n) is 3.34. The number of carbonyl (C=O) groups excluding carboxylic acids is 2. The van der Waals surface area contributed by atoms with E-state index in [1.807, 2.05) is 23.6 Å². The number of rotatable bonds is 4.